The summed E-state index contributed by atoms with van der Waals surface area (Å²) in [6.07, 6.45) is 0. The average molecular weight is 402 g/mol. The third-order valence-corrected chi connectivity index (χ3v) is 4.40. The lowest BCUT2D eigenvalue weighted by molar-refractivity contribution is -0.122. The highest BCUT2D eigenvalue weighted by Crippen LogP contribution is 2.18. The molecule has 0 aliphatic carbocycles. The second kappa shape index (κ2) is 7.90. The molecule has 0 atom stereocenters. The van der Waals surface area contributed by atoms with Gasteiger partial charge in [-0.3, -0.25) is 14.2 Å². The molecule has 0 aliphatic heterocycles. The van der Waals surface area contributed by atoms with Gasteiger partial charge in [0, 0.05) is 17.1 Å². The fourth-order valence-electron chi connectivity index (χ4n) is 2.98. The van der Waals surface area contributed by atoms with E-state index in [2.05, 4.69) is 5.32 Å². The van der Waals surface area contributed by atoms with Gasteiger partial charge in [-0.25, -0.2) is 9.36 Å². The van der Waals surface area contributed by atoms with Gasteiger partial charge < -0.3 is 10.1 Å². The first-order valence-electron chi connectivity index (χ1n) is 8.70. The van der Waals surface area contributed by atoms with Crippen LogP contribution in [0.25, 0.3) is 16.6 Å². The topological polar surface area (TPSA) is 82.3 Å². The number of carbonyl (C=O) groups is 1. The fraction of sp³-hybridized carbons (Fsp3) is 0.250. The number of aromatic nitrogens is 2. The van der Waals surface area contributed by atoms with Gasteiger partial charge in [-0.2, -0.15) is 0 Å². The zero-order valence-electron chi connectivity index (χ0n) is 15.7. The highest BCUT2D eigenvalue weighted by molar-refractivity contribution is 6.31. The van der Waals surface area contributed by atoms with Crippen LogP contribution in [0.3, 0.4) is 0 Å². The Morgan fingerprint density at radius 3 is 2.61 bits per heavy atom. The van der Waals surface area contributed by atoms with Crippen LogP contribution in [0.2, 0.25) is 5.02 Å². The van der Waals surface area contributed by atoms with Crippen LogP contribution in [-0.4, -0.2) is 28.2 Å². The van der Waals surface area contributed by atoms with Gasteiger partial charge in [0.15, 0.2) is 0 Å². The minimum absolute atomic E-state index is 0.0812. The Hall–Kier alpha value is -3.06. The summed E-state index contributed by atoms with van der Waals surface area (Å²) in [6.45, 7) is 3.41. The molecule has 0 saturated heterocycles. The fourth-order valence-corrected chi connectivity index (χ4v) is 3.15. The third kappa shape index (κ3) is 3.80. The molecule has 2 aromatic carbocycles. The lowest BCUT2D eigenvalue weighted by Crippen LogP contribution is -2.42. The number of halogens is 1. The molecular formula is C20H20ClN3O4. The van der Waals surface area contributed by atoms with Crippen molar-refractivity contribution < 1.29 is 9.53 Å². The molecule has 146 valence electrons. The number of benzene rings is 2. The molecule has 0 radical (unpaired) electrons. The maximum atomic E-state index is 13.2. The van der Waals surface area contributed by atoms with Crippen molar-refractivity contribution in [2.24, 2.45) is 0 Å². The molecule has 0 bridgehead atoms. The molecule has 1 heterocycles. The second-order valence-electron chi connectivity index (χ2n) is 6.59. The number of nitrogens with zero attached hydrogens (tertiary/aromatic N) is 2. The Morgan fingerprint density at radius 2 is 1.93 bits per heavy atom. The van der Waals surface area contributed by atoms with Crippen LogP contribution in [0.4, 0.5) is 0 Å². The van der Waals surface area contributed by atoms with Crippen molar-refractivity contribution in [3.8, 4) is 11.4 Å². The van der Waals surface area contributed by atoms with E-state index in [4.69, 9.17) is 16.3 Å². The Kier molecular flexibility index (Phi) is 5.56. The lowest BCUT2D eigenvalue weighted by atomic mass is 10.2. The number of amides is 1. The van der Waals surface area contributed by atoms with E-state index in [1.165, 1.54) is 17.7 Å². The van der Waals surface area contributed by atoms with E-state index in [-0.39, 0.29) is 23.9 Å². The lowest BCUT2D eigenvalue weighted by Gasteiger charge is -2.15. The van der Waals surface area contributed by atoms with E-state index in [9.17, 15) is 14.4 Å². The molecule has 1 N–H and O–H groups in total. The van der Waals surface area contributed by atoms with E-state index < -0.39 is 11.2 Å². The van der Waals surface area contributed by atoms with Gasteiger partial charge in [0.2, 0.25) is 5.91 Å². The number of ether oxygens (including phenoxy) is 1. The first kappa shape index (κ1) is 19.7. The Morgan fingerprint density at radius 1 is 1.18 bits per heavy atom. The Bertz CT molecular complexity index is 1160. The van der Waals surface area contributed by atoms with Crippen LogP contribution in [0.15, 0.2) is 52.1 Å². The SMILES string of the molecule is COc1cccc(-n2c(=O)c3ccc(Cl)cc3n(CC(=O)NC(C)C)c2=O)c1. The third-order valence-electron chi connectivity index (χ3n) is 4.17. The van der Waals surface area contributed by atoms with E-state index in [0.29, 0.717) is 22.0 Å². The van der Waals surface area contributed by atoms with Crippen molar-refractivity contribution >= 4 is 28.4 Å². The first-order valence-corrected chi connectivity index (χ1v) is 9.08. The van der Waals surface area contributed by atoms with Crippen molar-refractivity contribution in [3.05, 3.63) is 68.3 Å². The number of nitrogens with one attached hydrogen (secondary N) is 1. The minimum Gasteiger partial charge on any atom is -0.497 e. The van der Waals surface area contributed by atoms with Gasteiger partial charge in [0.25, 0.3) is 5.56 Å². The van der Waals surface area contributed by atoms with Crippen molar-refractivity contribution in [2.75, 3.05) is 7.11 Å². The zero-order chi connectivity index (χ0) is 20.4. The Labute approximate surface area is 166 Å². The molecule has 7 nitrogen and oxygen atoms in total. The highest BCUT2D eigenvalue weighted by atomic mass is 35.5. The quantitative estimate of drug-likeness (QED) is 0.711. The molecule has 0 spiro atoms. The first-order chi connectivity index (χ1) is 13.3. The molecule has 1 aromatic heterocycles. The van der Waals surface area contributed by atoms with Crippen molar-refractivity contribution in [1.82, 2.24) is 14.5 Å². The molecule has 28 heavy (non-hydrogen) atoms. The number of methoxy groups -OCH3 is 1. The monoisotopic (exact) mass is 401 g/mol. The van der Waals surface area contributed by atoms with Crippen molar-refractivity contribution in [1.29, 1.82) is 0 Å². The number of carbonyl (C=O) groups excluding carboxylic acids is 1. The highest BCUT2D eigenvalue weighted by Gasteiger charge is 2.17. The molecule has 0 aliphatic rings. The number of hydrogen-bond acceptors (Lipinski definition) is 4. The largest absolute Gasteiger partial charge is 0.497 e. The van der Waals surface area contributed by atoms with E-state index in [1.54, 1.807) is 36.4 Å². The van der Waals surface area contributed by atoms with Gasteiger partial charge in [-0.15, -0.1) is 0 Å². The number of rotatable bonds is 5. The average Bonchev–Trinajstić information content (AvgIpc) is 2.64. The zero-order valence-corrected chi connectivity index (χ0v) is 16.5. The van der Waals surface area contributed by atoms with Crippen LogP contribution in [0.5, 0.6) is 5.75 Å². The molecule has 3 aromatic rings. The maximum Gasteiger partial charge on any atom is 0.336 e. The molecule has 3 rings (SSSR count). The van der Waals surface area contributed by atoms with Gasteiger partial charge >= 0.3 is 5.69 Å². The molecule has 8 heteroatoms. The van der Waals surface area contributed by atoms with Crippen molar-refractivity contribution in [3.63, 3.8) is 0 Å². The summed E-state index contributed by atoms with van der Waals surface area (Å²) in [6, 6.07) is 11.2. The summed E-state index contributed by atoms with van der Waals surface area (Å²) in [7, 11) is 1.50. The van der Waals surface area contributed by atoms with Crippen molar-refractivity contribution in [2.45, 2.75) is 26.4 Å². The van der Waals surface area contributed by atoms with E-state index in [0.717, 1.165) is 4.57 Å². The number of fused-ring (bicyclic) bond motifs is 1. The summed E-state index contributed by atoms with van der Waals surface area (Å²) in [5.74, 6) is 0.165. The molecule has 1 amide bonds. The van der Waals surface area contributed by atoms with E-state index in [1.807, 2.05) is 13.8 Å². The minimum atomic E-state index is -0.632. The molecule has 0 fully saturated rings. The van der Waals surface area contributed by atoms with Gasteiger partial charge in [-0.1, -0.05) is 17.7 Å². The molecule has 0 saturated carbocycles. The predicted octanol–water partition coefficient (Wildman–Crippen LogP) is 2.34. The van der Waals surface area contributed by atoms with Crippen LogP contribution in [0.1, 0.15) is 13.8 Å². The van der Waals surface area contributed by atoms with Crippen LogP contribution in [-0.2, 0) is 11.3 Å². The smallest absolute Gasteiger partial charge is 0.336 e. The van der Waals surface area contributed by atoms with Crippen LogP contribution < -0.4 is 21.3 Å². The standard InChI is InChI=1S/C20H20ClN3O4/c1-12(2)22-18(25)11-23-17-9-13(21)7-8-16(17)19(26)24(20(23)27)14-5-4-6-15(10-14)28-3/h4-10,12H,11H2,1-3H3,(H,22,25). The molecular weight excluding hydrogens is 382 g/mol. The van der Waals surface area contributed by atoms with Gasteiger partial charge in [0.05, 0.1) is 23.7 Å². The summed E-state index contributed by atoms with van der Waals surface area (Å²) >= 11 is 6.07. The predicted molar refractivity (Wildman–Crippen MR) is 109 cm³/mol. The normalized spacial score (nSPS) is 11.0. The maximum absolute atomic E-state index is 13.2. The van der Waals surface area contributed by atoms with Gasteiger partial charge in [0.1, 0.15) is 12.3 Å². The second-order valence-corrected chi connectivity index (χ2v) is 7.03. The van der Waals surface area contributed by atoms with Gasteiger partial charge in [-0.05, 0) is 44.2 Å². The summed E-state index contributed by atoms with van der Waals surface area (Å²) in [5.41, 5.74) is -0.470. The summed E-state index contributed by atoms with van der Waals surface area (Å²) < 4.78 is 7.47. The summed E-state index contributed by atoms with van der Waals surface area (Å²) in [5, 5.41) is 3.40. The Balaban J connectivity index is 2.31. The summed E-state index contributed by atoms with van der Waals surface area (Å²) in [4.78, 5) is 38.6. The van der Waals surface area contributed by atoms with Crippen LogP contribution in [0, 0.1) is 0 Å². The molecule has 0 unspecified atom stereocenters. The van der Waals surface area contributed by atoms with Crippen LogP contribution >= 0.6 is 11.6 Å². The van der Waals surface area contributed by atoms with E-state index >= 15 is 0 Å². The number of hydrogen-bond donors (Lipinski definition) is 1.